The third kappa shape index (κ3) is 4.25. The highest BCUT2D eigenvalue weighted by Gasteiger charge is 2.10. The zero-order valence-electron chi connectivity index (χ0n) is 15.8. The van der Waals surface area contributed by atoms with E-state index in [0.29, 0.717) is 17.7 Å². The predicted octanol–water partition coefficient (Wildman–Crippen LogP) is 4.16. The summed E-state index contributed by atoms with van der Waals surface area (Å²) in [5, 5.41) is 8.28. The predicted molar refractivity (Wildman–Crippen MR) is 108 cm³/mol. The van der Waals surface area contributed by atoms with E-state index < -0.39 is 11.6 Å². The Kier molecular flexibility index (Phi) is 5.22. The lowest BCUT2D eigenvalue weighted by molar-refractivity contribution is 0.286. The number of nitrogens with zero attached hydrogens (tertiary/aromatic N) is 2. The molecule has 0 spiro atoms. The summed E-state index contributed by atoms with van der Waals surface area (Å²) in [5.41, 5.74) is 10.5. The van der Waals surface area contributed by atoms with Crippen LogP contribution in [0.4, 0.5) is 8.78 Å². The van der Waals surface area contributed by atoms with Crippen LogP contribution in [0, 0.1) is 18.6 Å². The van der Waals surface area contributed by atoms with E-state index in [-0.39, 0.29) is 12.6 Å². The Morgan fingerprint density at radius 2 is 1.90 bits per heavy atom. The third-order valence-electron chi connectivity index (χ3n) is 4.74. The number of nitrogens with one attached hydrogen (secondary N) is 1. The third-order valence-corrected chi connectivity index (χ3v) is 4.74. The number of aromatic amines is 1. The Hall–Kier alpha value is -3.32. The average Bonchev–Trinajstić information content (AvgIpc) is 3.10. The molecule has 4 aromatic rings. The second kappa shape index (κ2) is 7.97. The second-order valence-corrected chi connectivity index (χ2v) is 7.01. The number of nitrogens with two attached hydrogens (primary N) is 1. The number of fused-ring (bicyclic) bond motifs is 1. The molecule has 0 aliphatic heterocycles. The summed E-state index contributed by atoms with van der Waals surface area (Å²) in [4.78, 5) is 4.25. The smallest absolute Gasteiger partial charge is 0.159 e. The minimum atomic E-state index is -0.877. The van der Waals surface area contributed by atoms with Crippen molar-refractivity contribution in [1.29, 1.82) is 0 Å². The van der Waals surface area contributed by atoms with Crippen LogP contribution in [0.1, 0.15) is 11.3 Å². The maximum Gasteiger partial charge on any atom is 0.159 e. The SMILES string of the molecule is Cc1[nH]nc2ccc(-c3cncc(OC[C@@H](N)Cc4ccc(F)c(F)c4)c3)cc12. The van der Waals surface area contributed by atoms with Crippen LogP contribution < -0.4 is 10.5 Å². The molecule has 0 saturated carbocycles. The maximum atomic E-state index is 13.3. The standard InChI is InChI=1S/C22H20F2N4O/c1-13-19-9-15(3-5-22(19)28-27-13)16-8-18(11-26-10-16)29-12-17(25)6-14-2-4-20(23)21(24)7-14/h2-5,7-11,17H,6,12,25H2,1H3,(H,27,28)/t17-/m0/s1. The molecule has 0 fully saturated rings. The van der Waals surface area contributed by atoms with Crippen molar-refractivity contribution in [2.75, 3.05) is 6.61 Å². The molecule has 4 rings (SSSR count). The Bertz CT molecular complexity index is 1160. The molecule has 0 saturated heterocycles. The van der Waals surface area contributed by atoms with Gasteiger partial charge in [-0.05, 0) is 54.8 Å². The van der Waals surface area contributed by atoms with Crippen LogP contribution in [0.15, 0.2) is 54.9 Å². The van der Waals surface area contributed by atoms with Gasteiger partial charge in [-0.2, -0.15) is 5.10 Å². The summed E-state index contributed by atoms with van der Waals surface area (Å²) in [6.07, 6.45) is 3.76. The van der Waals surface area contributed by atoms with Crippen molar-refractivity contribution < 1.29 is 13.5 Å². The number of aryl methyl sites for hydroxylation is 1. The molecule has 2 aromatic heterocycles. The fourth-order valence-corrected chi connectivity index (χ4v) is 3.20. The number of rotatable bonds is 6. The molecule has 29 heavy (non-hydrogen) atoms. The monoisotopic (exact) mass is 394 g/mol. The van der Waals surface area contributed by atoms with E-state index in [1.165, 1.54) is 6.07 Å². The van der Waals surface area contributed by atoms with Gasteiger partial charge in [0.05, 0.1) is 11.7 Å². The molecule has 2 aromatic carbocycles. The molecule has 5 nitrogen and oxygen atoms in total. The minimum absolute atomic E-state index is 0.226. The summed E-state index contributed by atoms with van der Waals surface area (Å²) in [6.45, 7) is 2.20. The van der Waals surface area contributed by atoms with Gasteiger partial charge in [0.25, 0.3) is 0 Å². The van der Waals surface area contributed by atoms with Crippen molar-refractivity contribution in [2.45, 2.75) is 19.4 Å². The number of halogens is 2. The van der Waals surface area contributed by atoms with Gasteiger partial charge in [0.15, 0.2) is 11.6 Å². The Labute approximate surface area is 166 Å². The summed E-state index contributed by atoms with van der Waals surface area (Å²) in [6, 6.07) is 11.3. The number of ether oxygens (including phenoxy) is 1. The Morgan fingerprint density at radius 1 is 1.03 bits per heavy atom. The lowest BCUT2D eigenvalue weighted by Crippen LogP contribution is -2.30. The molecule has 1 atom stereocenters. The van der Waals surface area contributed by atoms with Gasteiger partial charge in [0.2, 0.25) is 0 Å². The van der Waals surface area contributed by atoms with Gasteiger partial charge >= 0.3 is 0 Å². The van der Waals surface area contributed by atoms with E-state index >= 15 is 0 Å². The van der Waals surface area contributed by atoms with Crippen LogP contribution in [-0.2, 0) is 6.42 Å². The van der Waals surface area contributed by atoms with Crippen molar-refractivity contribution in [1.82, 2.24) is 15.2 Å². The first-order valence-corrected chi connectivity index (χ1v) is 9.22. The highest BCUT2D eigenvalue weighted by molar-refractivity contribution is 5.86. The number of pyridine rings is 1. The van der Waals surface area contributed by atoms with E-state index in [4.69, 9.17) is 10.5 Å². The first-order chi connectivity index (χ1) is 14.0. The quantitative estimate of drug-likeness (QED) is 0.515. The van der Waals surface area contributed by atoms with Crippen LogP contribution >= 0.6 is 0 Å². The van der Waals surface area contributed by atoms with E-state index in [0.717, 1.165) is 39.9 Å². The van der Waals surface area contributed by atoms with Crippen LogP contribution in [0.2, 0.25) is 0 Å². The molecule has 0 bridgehead atoms. The van der Waals surface area contributed by atoms with Gasteiger partial charge in [-0.3, -0.25) is 10.1 Å². The van der Waals surface area contributed by atoms with Crippen LogP contribution in [0.5, 0.6) is 5.75 Å². The van der Waals surface area contributed by atoms with Gasteiger partial charge in [0, 0.05) is 28.9 Å². The van der Waals surface area contributed by atoms with Crippen molar-refractivity contribution in [2.24, 2.45) is 5.73 Å². The van der Waals surface area contributed by atoms with Crippen molar-refractivity contribution in [3.63, 3.8) is 0 Å². The highest BCUT2D eigenvalue weighted by Crippen LogP contribution is 2.27. The molecule has 0 aliphatic carbocycles. The van der Waals surface area contributed by atoms with E-state index in [2.05, 4.69) is 21.2 Å². The number of H-pyrrole nitrogens is 1. The van der Waals surface area contributed by atoms with Crippen LogP contribution in [-0.4, -0.2) is 27.8 Å². The first-order valence-electron chi connectivity index (χ1n) is 9.22. The van der Waals surface area contributed by atoms with E-state index in [1.807, 2.05) is 25.1 Å². The zero-order valence-corrected chi connectivity index (χ0v) is 15.8. The molecular weight excluding hydrogens is 374 g/mol. The van der Waals surface area contributed by atoms with E-state index in [9.17, 15) is 8.78 Å². The molecule has 0 amide bonds. The van der Waals surface area contributed by atoms with Gasteiger partial charge in [-0.15, -0.1) is 0 Å². The molecule has 0 radical (unpaired) electrons. The van der Waals surface area contributed by atoms with Crippen molar-refractivity contribution in [3.8, 4) is 16.9 Å². The summed E-state index contributed by atoms with van der Waals surface area (Å²) >= 11 is 0. The highest BCUT2D eigenvalue weighted by atomic mass is 19.2. The molecule has 2 heterocycles. The molecule has 0 aliphatic rings. The summed E-state index contributed by atoms with van der Waals surface area (Å²) < 4.78 is 32.1. The second-order valence-electron chi connectivity index (χ2n) is 7.01. The molecule has 7 heteroatoms. The number of aromatic nitrogens is 3. The fraction of sp³-hybridized carbons (Fsp3) is 0.182. The molecule has 0 unspecified atom stereocenters. The van der Waals surface area contributed by atoms with Crippen LogP contribution in [0.25, 0.3) is 22.0 Å². The molecule has 3 N–H and O–H groups in total. The summed E-state index contributed by atoms with van der Waals surface area (Å²) in [5.74, 6) is -1.16. The number of hydrogen-bond donors (Lipinski definition) is 2. The number of benzene rings is 2. The van der Waals surface area contributed by atoms with Gasteiger partial charge in [-0.1, -0.05) is 12.1 Å². The summed E-state index contributed by atoms with van der Waals surface area (Å²) in [7, 11) is 0. The Balaban J connectivity index is 1.44. The van der Waals surface area contributed by atoms with Gasteiger partial charge < -0.3 is 10.5 Å². The van der Waals surface area contributed by atoms with Gasteiger partial charge in [-0.25, -0.2) is 8.78 Å². The lowest BCUT2D eigenvalue weighted by Gasteiger charge is -2.14. The van der Waals surface area contributed by atoms with Crippen molar-refractivity contribution in [3.05, 3.63) is 77.8 Å². The zero-order chi connectivity index (χ0) is 20.4. The van der Waals surface area contributed by atoms with E-state index in [1.54, 1.807) is 12.4 Å². The Morgan fingerprint density at radius 3 is 2.72 bits per heavy atom. The average molecular weight is 394 g/mol. The molecule has 148 valence electrons. The maximum absolute atomic E-state index is 13.3. The topological polar surface area (TPSA) is 76.8 Å². The largest absolute Gasteiger partial charge is 0.490 e. The first kappa shape index (κ1) is 19.0. The normalized spacial score (nSPS) is 12.3. The molecular formula is C22H20F2N4O. The van der Waals surface area contributed by atoms with Crippen LogP contribution in [0.3, 0.4) is 0 Å². The minimum Gasteiger partial charge on any atom is -0.490 e. The number of hydrogen-bond acceptors (Lipinski definition) is 4. The fourth-order valence-electron chi connectivity index (χ4n) is 3.20. The lowest BCUT2D eigenvalue weighted by atomic mass is 10.0. The van der Waals surface area contributed by atoms with Crippen molar-refractivity contribution >= 4 is 10.9 Å². The van der Waals surface area contributed by atoms with Gasteiger partial charge in [0.1, 0.15) is 12.4 Å².